The van der Waals surface area contributed by atoms with Crippen LogP contribution in [-0.4, -0.2) is 109 Å². The number of aliphatic hydroxyl groups excluding tert-OH is 2. The zero-order chi connectivity index (χ0) is 32.2. The third-order valence-corrected chi connectivity index (χ3v) is 8.33. The average Bonchev–Trinajstić information content (AvgIpc) is 3.73. The molecule has 45 heavy (non-hydrogen) atoms. The maximum Gasteiger partial charge on any atom is 0.695 e. The van der Waals surface area contributed by atoms with Crippen LogP contribution in [0.1, 0.15) is 12.5 Å². The van der Waals surface area contributed by atoms with Crippen LogP contribution in [0, 0.1) is 0 Å². The first-order valence-corrected chi connectivity index (χ1v) is 15.6. The van der Waals surface area contributed by atoms with Crippen molar-refractivity contribution in [3.05, 3.63) is 29.3 Å². The summed E-state index contributed by atoms with van der Waals surface area (Å²) >= 11 is 0. The van der Waals surface area contributed by atoms with Crippen molar-refractivity contribution < 1.29 is 57.1 Å². The number of anilines is 2. The summed E-state index contributed by atoms with van der Waals surface area (Å²) in [6.07, 6.45) is -10.1. The van der Waals surface area contributed by atoms with Crippen molar-refractivity contribution in [2.24, 2.45) is 0 Å². The molecule has 4 aromatic heterocycles. The number of imidazole rings is 2. The van der Waals surface area contributed by atoms with Gasteiger partial charge >= 0.3 is 15.9 Å². The third kappa shape index (κ3) is 5.80. The topological polar surface area (TPSA) is 330 Å². The molecule has 9 N–H and O–H groups in total. The van der Waals surface area contributed by atoms with Crippen LogP contribution < -0.4 is 17.0 Å². The van der Waals surface area contributed by atoms with E-state index >= 15 is 0 Å². The summed E-state index contributed by atoms with van der Waals surface area (Å²) in [5.41, 5.74) is 10.9. The summed E-state index contributed by atoms with van der Waals surface area (Å²) in [7, 11) is -6.97. The van der Waals surface area contributed by atoms with Crippen molar-refractivity contribution in [3.63, 3.8) is 0 Å². The number of aliphatic hydroxyl groups is 2. The molecule has 2 saturated heterocycles. The first kappa shape index (κ1) is 31.4. The van der Waals surface area contributed by atoms with Crippen LogP contribution in [0.3, 0.4) is 0 Å². The molecule has 0 aliphatic carbocycles. The molecule has 25 heteroatoms. The van der Waals surface area contributed by atoms with Crippen LogP contribution in [0.25, 0.3) is 22.3 Å². The van der Waals surface area contributed by atoms with E-state index in [0.29, 0.717) is 0 Å². The van der Waals surface area contributed by atoms with E-state index in [0.717, 1.165) is 17.2 Å². The Bertz CT molecular complexity index is 1850. The van der Waals surface area contributed by atoms with E-state index in [2.05, 4.69) is 29.9 Å². The molecule has 2 aliphatic rings. The van der Waals surface area contributed by atoms with Gasteiger partial charge in [-0.1, -0.05) is 0 Å². The van der Waals surface area contributed by atoms with E-state index in [1.165, 1.54) is 18.0 Å². The summed E-state index contributed by atoms with van der Waals surface area (Å²) in [6.45, 7) is 0. The summed E-state index contributed by atoms with van der Waals surface area (Å²) in [4.78, 5) is 54.6. The minimum absolute atomic E-state index is 0.0329. The van der Waals surface area contributed by atoms with Gasteiger partial charge in [0.15, 0.2) is 60.1 Å². The van der Waals surface area contributed by atoms with Crippen molar-refractivity contribution in [1.82, 2.24) is 39.0 Å². The Morgan fingerprint density at radius 1 is 1.02 bits per heavy atom. The lowest BCUT2D eigenvalue weighted by Gasteiger charge is -2.25. The Kier molecular flexibility index (Phi) is 8.36. The van der Waals surface area contributed by atoms with Gasteiger partial charge in [-0.2, -0.15) is 4.98 Å². The molecule has 242 valence electrons. The number of hydrogen-bond donors (Lipinski definition) is 7. The molecule has 6 rings (SSSR count). The lowest BCUT2D eigenvalue weighted by Crippen LogP contribution is -2.36. The lowest BCUT2D eigenvalue weighted by atomic mass is 10.2. The zero-order valence-corrected chi connectivity index (χ0v) is 24.5. The second kappa shape index (κ2) is 12.0. The number of aromatic nitrogens is 8. The Labute approximate surface area is 250 Å². The minimum atomic E-state index is -4.87. The molecule has 4 aromatic rings. The number of nitrogens with zero attached hydrogens (tertiary/aromatic N) is 7. The molecule has 0 bridgehead atoms. The fraction of sp³-hybridized carbons (Fsp3) is 0.500. The number of nitrogen functional groups attached to an aromatic ring is 2. The SMILES string of the molecule is CO[C@H]1O[C@@H](n2cnc3c(=O)[nH]c(N)nc32)C(OP(=O)(O)CO[C@H]2O[C@@H](n3cnc4c(N)ncnc43)C(O)C2O[P+](=O)O)C1O. The molecule has 0 amide bonds. The molecule has 0 radical (unpaired) electrons. The van der Waals surface area contributed by atoms with Crippen molar-refractivity contribution >= 4 is 49.9 Å². The summed E-state index contributed by atoms with van der Waals surface area (Å²) < 4.78 is 59.3. The lowest BCUT2D eigenvalue weighted by molar-refractivity contribution is -0.165. The summed E-state index contributed by atoms with van der Waals surface area (Å²) in [5.74, 6) is -0.224. The van der Waals surface area contributed by atoms with Crippen molar-refractivity contribution in [3.8, 4) is 0 Å². The quantitative estimate of drug-likeness (QED) is 0.0875. The Morgan fingerprint density at radius 2 is 1.71 bits per heavy atom. The number of hydrogen-bond acceptors (Lipinski definition) is 18. The molecule has 2 fully saturated rings. The zero-order valence-electron chi connectivity index (χ0n) is 22.7. The van der Waals surface area contributed by atoms with Gasteiger partial charge in [-0.3, -0.25) is 28.0 Å². The van der Waals surface area contributed by atoms with E-state index in [-0.39, 0.29) is 34.1 Å². The van der Waals surface area contributed by atoms with Gasteiger partial charge in [0, 0.05) is 11.7 Å². The smallest absolute Gasteiger partial charge is 0.385 e. The molecule has 2 aliphatic heterocycles. The Morgan fingerprint density at radius 3 is 2.42 bits per heavy atom. The van der Waals surface area contributed by atoms with E-state index in [1.807, 2.05) is 0 Å². The van der Waals surface area contributed by atoms with Crippen LogP contribution in [-0.2, 0) is 37.1 Å². The summed E-state index contributed by atoms with van der Waals surface area (Å²) in [5, 5.41) is 21.7. The monoisotopic (exact) mass is 675 g/mol. The Hall–Kier alpha value is -3.57. The van der Waals surface area contributed by atoms with Gasteiger partial charge in [-0.25, -0.2) is 19.9 Å². The van der Waals surface area contributed by atoms with Gasteiger partial charge in [-0.15, -0.1) is 9.42 Å². The number of methoxy groups -OCH3 is 1. The minimum Gasteiger partial charge on any atom is -0.385 e. The fourth-order valence-corrected chi connectivity index (χ4v) is 6.36. The van der Waals surface area contributed by atoms with Crippen molar-refractivity contribution in [2.75, 3.05) is 24.9 Å². The van der Waals surface area contributed by atoms with Gasteiger partial charge in [0.05, 0.1) is 12.7 Å². The molecule has 0 aromatic carbocycles. The predicted molar refractivity (Wildman–Crippen MR) is 144 cm³/mol. The second-order valence-electron chi connectivity index (χ2n) is 9.68. The molecular weight excluding hydrogens is 650 g/mol. The molecule has 0 spiro atoms. The van der Waals surface area contributed by atoms with Gasteiger partial charge in [-0.05, 0) is 0 Å². The molecule has 0 saturated carbocycles. The molecule has 6 heterocycles. The maximum absolute atomic E-state index is 13.3. The van der Waals surface area contributed by atoms with E-state index < -0.39 is 77.2 Å². The van der Waals surface area contributed by atoms with E-state index in [1.54, 1.807) is 0 Å². The average molecular weight is 675 g/mol. The Balaban J connectivity index is 1.22. The number of ether oxygens (including phenoxy) is 4. The highest BCUT2D eigenvalue weighted by Gasteiger charge is 2.53. The highest BCUT2D eigenvalue weighted by atomic mass is 31.2. The number of nitrogens with one attached hydrogen (secondary N) is 1. The van der Waals surface area contributed by atoms with Crippen LogP contribution in [0.5, 0.6) is 0 Å². The van der Waals surface area contributed by atoms with Crippen LogP contribution in [0.2, 0.25) is 0 Å². The van der Waals surface area contributed by atoms with Crippen LogP contribution >= 0.6 is 15.9 Å². The first-order valence-electron chi connectivity index (χ1n) is 12.7. The highest BCUT2D eigenvalue weighted by molar-refractivity contribution is 7.52. The van der Waals surface area contributed by atoms with Crippen molar-refractivity contribution in [1.29, 1.82) is 0 Å². The highest BCUT2D eigenvalue weighted by Crippen LogP contribution is 2.49. The predicted octanol–water partition coefficient (Wildman–Crippen LogP) is -2.22. The summed E-state index contributed by atoms with van der Waals surface area (Å²) in [6, 6.07) is 0. The fourth-order valence-electron chi connectivity index (χ4n) is 4.92. The van der Waals surface area contributed by atoms with Crippen LogP contribution in [0.15, 0.2) is 23.8 Å². The van der Waals surface area contributed by atoms with Crippen molar-refractivity contribution in [2.45, 2.75) is 49.5 Å². The van der Waals surface area contributed by atoms with Gasteiger partial charge in [0.25, 0.3) is 5.56 Å². The van der Waals surface area contributed by atoms with Gasteiger partial charge in [0.1, 0.15) is 30.2 Å². The van der Waals surface area contributed by atoms with E-state index in [9.17, 15) is 33.9 Å². The van der Waals surface area contributed by atoms with Gasteiger partial charge < -0.3 is 45.5 Å². The van der Waals surface area contributed by atoms with Gasteiger partial charge in [0.2, 0.25) is 5.95 Å². The normalized spacial score (nSPS) is 30.3. The number of aromatic amines is 1. The molecule has 6 unspecified atom stereocenters. The maximum atomic E-state index is 13.3. The third-order valence-electron chi connectivity index (χ3n) is 6.86. The van der Waals surface area contributed by atoms with Crippen LogP contribution in [0.4, 0.5) is 11.8 Å². The molecule has 10 atom stereocenters. The number of rotatable bonds is 10. The molecule has 23 nitrogen and oxygen atoms in total. The number of H-pyrrole nitrogens is 1. The standard InChI is InChI=1S/C20H24N10O13P2/c1-38-18-9(32)10(17(41-18)30-4-26-7-14(30)27-20(22)28-15(7)33)43-45(36,37)5-39-19-11(42-44(34)35)8(31)16(40-19)29-3-25-6-12(21)23-2-24-13(6)29/h2-4,8-11,16-19,31-32H,5H2,1H3,(H6-,21,22,23,24,27,28,33,34,35,36,37)/p+1/t8?,9?,10?,11?,16-,17-,18+,19+/m1/s1. The number of fused-ring (bicyclic) bond motifs is 2. The second-order valence-corrected chi connectivity index (χ2v) is 12.1. The van der Waals surface area contributed by atoms with E-state index in [4.69, 9.17) is 39.5 Å². The largest absolute Gasteiger partial charge is 0.695 e. The number of nitrogens with two attached hydrogens (primary N) is 2. The first-order chi connectivity index (χ1) is 21.4. The molecular formula is C20H25N10O13P2+.